The van der Waals surface area contributed by atoms with Gasteiger partial charge in [-0.3, -0.25) is 4.79 Å². The lowest BCUT2D eigenvalue weighted by atomic mass is 9.99. The second-order valence-electron chi connectivity index (χ2n) is 6.97. The fourth-order valence-electron chi connectivity index (χ4n) is 3.24. The molecule has 0 spiro atoms. The summed E-state index contributed by atoms with van der Waals surface area (Å²) in [5.74, 6) is 0.296. The molecule has 1 atom stereocenters. The van der Waals surface area contributed by atoms with Crippen LogP contribution in [0.3, 0.4) is 0 Å². The quantitative estimate of drug-likeness (QED) is 0.723. The fourth-order valence-corrected chi connectivity index (χ4v) is 4.78. The van der Waals surface area contributed by atoms with Crippen molar-refractivity contribution in [1.82, 2.24) is 9.62 Å². The standard InChI is InChI=1S/C21H26N2O4S/c1-17-9-11-19(12-10-17)27-15-13-22-21(24)18-6-5-14-23(16-18)28(25,26)20-7-3-2-4-8-20/h2-4,7-12,18H,5-6,13-16H2,1H3,(H,22,24)/t18-/m1/s1. The number of aryl methyl sites for hydroxylation is 1. The van der Waals surface area contributed by atoms with Gasteiger partial charge in [-0.1, -0.05) is 35.9 Å². The second kappa shape index (κ2) is 9.21. The van der Waals surface area contributed by atoms with Crippen LogP contribution in [0.15, 0.2) is 59.5 Å². The van der Waals surface area contributed by atoms with Gasteiger partial charge in [-0.25, -0.2) is 8.42 Å². The molecule has 150 valence electrons. The van der Waals surface area contributed by atoms with Crippen molar-refractivity contribution in [3.63, 3.8) is 0 Å². The summed E-state index contributed by atoms with van der Waals surface area (Å²) in [5.41, 5.74) is 1.16. The van der Waals surface area contributed by atoms with E-state index in [-0.39, 0.29) is 23.3 Å². The summed E-state index contributed by atoms with van der Waals surface area (Å²) in [6.07, 6.45) is 1.36. The first kappa shape index (κ1) is 20.4. The highest BCUT2D eigenvalue weighted by molar-refractivity contribution is 7.89. The number of hydrogen-bond acceptors (Lipinski definition) is 4. The minimum atomic E-state index is -3.56. The van der Waals surface area contributed by atoms with E-state index >= 15 is 0 Å². The van der Waals surface area contributed by atoms with Crippen LogP contribution in [-0.2, 0) is 14.8 Å². The van der Waals surface area contributed by atoms with Crippen molar-refractivity contribution in [2.75, 3.05) is 26.2 Å². The van der Waals surface area contributed by atoms with Gasteiger partial charge in [0.2, 0.25) is 15.9 Å². The molecule has 1 aliphatic heterocycles. The predicted molar refractivity (Wildman–Crippen MR) is 108 cm³/mol. The maximum absolute atomic E-state index is 12.8. The molecule has 6 nitrogen and oxygen atoms in total. The molecule has 0 aliphatic carbocycles. The molecule has 0 bridgehead atoms. The number of piperidine rings is 1. The van der Waals surface area contributed by atoms with Gasteiger partial charge >= 0.3 is 0 Å². The summed E-state index contributed by atoms with van der Waals surface area (Å²) < 4.78 is 32.6. The van der Waals surface area contributed by atoms with Crippen molar-refractivity contribution in [1.29, 1.82) is 0 Å². The number of nitrogens with zero attached hydrogens (tertiary/aromatic N) is 1. The zero-order valence-electron chi connectivity index (χ0n) is 16.0. The number of ether oxygens (including phenoxy) is 1. The molecular weight excluding hydrogens is 376 g/mol. The van der Waals surface area contributed by atoms with E-state index in [9.17, 15) is 13.2 Å². The topological polar surface area (TPSA) is 75.7 Å². The summed E-state index contributed by atoms with van der Waals surface area (Å²) >= 11 is 0. The van der Waals surface area contributed by atoms with Gasteiger partial charge in [0.1, 0.15) is 12.4 Å². The molecule has 7 heteroatoms. The van der Waals surface area contributed by atoms with Crippen molar-refractivity contribution in [3.05, 3.63) is 60.2 Å². The predicted octanol–water partition coefficient (Wildman–Crippen LogP) is 2.59. The lowest BCUT2D eigenvalue weighted by molar-refractivity contribution is -0.126. The van der Waals surface area contributed by atoms with E-state index in [1.54, 1.807) is 30.3 Å². The summed E-state index contributed by atoms with van der Waals surface area (Å²) in [6, 6.07) is 16.1. The number of nitrogens with one attached hydrogen (secondary N) is 1. The minimum absolute atomic E-state index is 0.125. The first-order chi connectivity index (χ1) is 13.5. The minimum Gasteiger partial charge on any atom is -0.492 e. The lowest BCUT2D eigenvalue weighted by Gasteiger charge is -2.31. The Balaban J connectivity index is 1.49. The maximum Gasteiger partial charge on any atom is 0.243 e. The van der Waals surface area contributed by atoms with E-state index in [4.69, 9.17) is 4.74 Å². The molecule has 1 aliphatic rings. The highest BCUT2D eigenvalue weighted by atomic mass is 32.2. The molecule has 2 aromatic carbocycles. The number of sulfonamides is 1. The summed E-state index contributed by atoms with van der Waals surface area (Å²) in [4.78, 5) is 12.7. The molecule has 2 aromatic rings. The van der Waals surface area contributed by atoms with Gasteiger partial charge < -0.3 is 10.1 Å². The molecule has 0 saturated carbocycles. The van der Waals surface area contributed by atoms with Crippen LogP contribution >= 0.6 is 0 Å². The monoisotopic (exact) mass is 402 g/mol. The van der Waals surface area contributed by atoms with Gasteiger partial charge in [-0.05, 0) is 44.0 Å². The van der Waals surface area contributed by atoms with Crippen LogP contribution in [-0.4, -0.2) is 44.9 Å². The molecule has 1 N–H and O–H groups in total. The van der Waals surface area contributed by atoms with Crippen molar-refractivity contribution in [2.45, 2.75) is 24.7 Å². The Morgan fingerprint density at radius 2 is 1.86 bits per heavy atom. The van der Waals surface area contributed by atoms with Crippen molar-refractivity contribution in [2.24, 2.45) is 5.92 Å². The van der Waals surface area contributed by atoms with Crippen LogP contribution in [0.4, 0.5) is 0 Å². The maximum atomic E-state index is 12.8. The Bertz CT molecular complexity index is 882. The smallest absolute Gasteiger partial charge is 0.243 e. The average Bonchev–Trinajstić information content (AvgIpc) is 2.73. The third-order valence-electron chi connectivity index (χ3n) is 4.83. The molecule has 1 amide bonds. The number of hydrogen-bond donors (Lipinski definition) is 1. The average molecular weight is 403 g/mol. The number of carbonyl (C=O) groups is 1. The number of carbonyl (C=O) groups excluding carboxylic acids is 1. The van der Waals surface area contributed by atoms with Gasteiger partial charge in [-0.2, -0.15) is 4.31 Å². The largest absolute Gasteiger partial charge is 0.492 e. The number of benzene rings is 2. The molecule has 3 rings (SSSR count). The molecule has 0 radical (unpaired) electrons. The zero-order valence-corrected chi connectivity index (χ0v) is 16.8. The van der Waals surface area contributed by atoms with Crippen LogP contribution in [0, 0.1) is 12.8 Å². The zero-order chi connectivity index (χ0) is 20.0. The van der Waals surface area contributed by atoms with Gasteiger partial charge in [0.15, 0.2) is 0 Å². The number of rotatable bonds is 7. The molecule has 0 unspecified atom stereocenters. The van der Waals surface area contributed by atoms with E-state index < -0.39 is 10.0 Å². The normalized spacial score (nSPS) is 17.8. The van der Waals surface area contributed by atoms with E-state index in [2.05, 4.69) is 5.32 Å². The van der Waals surface area contributed by atoms with Crippen LogP contribution in [0.5, 0.6) is 5.75 Å². The third kappa shape index (κ3) is 5.11. The summed E-state index contributed by atoms with van der Waals surface area (Å²) in [6.45, 7) is 3.41. The summed E-state index contributed by atoms with van der Waals surface area (Å²) in [7, 11) is -3.56. The van der Waals surface area contributed by atoms with Crippen molar-refractivity contribution < 1.29 is 17.9 Å². The van der Waals surface area contributed by atoms with Gasteiger partial charge in [-0.15, -0.1) is 0 Å². The Morgan fingerprint density at radius 3 is 2.57 bits per heavy atom. The molecular formula is C21H26N2O4S. The van der Waals surface area contributed by atoms with Crippen LogP contribution in [0.2, 0.25) is 0 Å². The van der Waals surface area contributed by atoms with Gasteiger partial charge in [0.05, 0.1) is 17.4 Å². The highest BCUT2D eigenvalue weighted by Crippen LogP contribution is 2.23. The fraction of sp³-hybridized carbons (Fsp3) is 0.381. The number of amides is 1. The Hall–Kier alpha value is -2.38. The van der Waals surface area contributed by atoms with Crippen LogP contribution in [0.1, 0.15) is 18.4 Å². The van der Waals surface area contributed by atoms with E-state index in [0.29, 0.717) is 32.5 Å². The lowest BCUT2D eigenvalue weighted by Crippen LogP contribution is -2.45. The van der Waals surface area contributed by atoms with E-state index in [1.807, 2.05) is 31.2 Å². The first-order valence-corrected chi connectivity index (χ1v) is 10.9. The van der Waals surface area contributed by atoms with E-state index in [0.717, 1.165) is 11.3 Å². The van der Waals surface area contributed by atoms with Crippen LogP contribution < -0.4 is 10.1 Å². The Kier molecular flexibility index (Phi) is 6.70. The van der Waals surface area contributed by atoms with Crippen molar-refractivity contribution in [3.8, 4) is 5.75 Å². The van der Waals surface area contributed by atoms with E-state index in [1.165, 1.54) is 4.31 Å². The molecule has 0 aromatic heterocycles. The molecule has 1 heterocycles. The van der Waals surface area contributed by atoms with Crippen LogP contribution in [0.25, 0.3) is 0 Å². The molecule has 28 heavy (non-hydrogen) atoms. The molecule has 1 fully saturated rings. The van der Waals surface area contributed by atoms with Gasteiger partial charge in [0, 0.05) is 13.1 Å². The Labute approximate surface area is 166 Å². The first-order valence-electron chi connectivity index (χ1n) is 9.49. The van der Waals surface area contributed by atoms with Crippen molar-refractivity contribution >= 4 is 15.9 Å². The third-order valence-corrected chi connectivity index (χ3v) is 6.71. The Morgan fingerprint density at radius 1 is 1.14 bits per heavy atom. The summed E-state index contributed by atoms with van der Waals surface area (Å²) in [5, 5.41) is 2.86. The SMILES string of the molecule is Cc1ccc(OCCNC(=O)[C@@H]2CCCN(S(=O)(=O)c3ccccc3)C2)cc1. The highest BCUT2D eigenvalue weighted by Gasteiger charge is 2.33. The molecule has 1 saturated heterocycles. The van der Waals surface area contributed by atoms with Gasteiger partial charge in [0.25, 0.3) is 0 Å². The second-order valence-corrected chi connectivity index (χ2v) is 8.91.